The van der Waals surface area contributed by atoms with Crippen LogP contribution < -0.4 is 15.1 Å². The zero-order valence-corrected chi connectivity index (χ0v) is 15.2. The molecule has 5 nitrogen and oxygen atoms in total. The molecule has 0 unspecified atom stereocenters. The summed E-state index contributed by atoms with van der Waals surface area (Å²) in [6.45, 7) is 3.59. The van der Waals surface area contributed by atoms with Crippen molar-refractivity contribution in [2.24, 2.45) is 0 Å². The largest absolute Gasteiger partial charge is 0.377 e. The van der Waals surface area contributed by atoms with Gasteiger partial charge in [-0.1, -0.05) is 0 Å². The van der Waals surface area contributed by atoms with Gasteiger partial charge in [0.05, 0.1) is 15.5 Å². The van der Waals surface area contributed by atoms with Crippen molar-refractivity contribution in [3.63, 3.8) is 0 Å². The molecule has 0 spiro atoms. The molecule has 1 saturated heterocycles. The Kier molecular flexibility index (Phi) is 4.96. The van der Waals surface area contributed by atoms with E-state index in [1.165, 1.54) is 12.1 Å². The van der Waals surface area contributed by atoms with Gasteiger partial charge in [0.2, 0.25) is 9.84 Å². The number of hydrogen-bond donors (Lipinski definition) is 1. The van der Waals surface area contributed by atoms with Crippen molar-refractivity contribution in [1.29, 1.82) is 0 Å². The molecular formula is C18H22FN3O2S. The van der Waals surface area contributed by atoms with Crippen LogP contribution in [0.5, 0.6) is 0 Å². The first-order valence-electron chi connectivity index (χ1n) is 8.17. The summed E-state index contributed by atoms with van der Waals surface area (Å²) in [6, 6.07) is 10.3. The zero-order chi connectivity index (χ0) is 18.0. The number of nitrogens with zero attached hydrogens (tertiary/aromatic N) is 2. The summed E-state index contributed by atoms with van der Waals surface area (Å²) in [5.41, 5.74) is 1.63. The van der Waals surface area contributed by atoms with Gasteiger partial charge in [0.25, 0.3) is 0 Å². The molecule has 0 aromatic heterocycles. The molecule has 1 fully saturated rings. The fourth-order valence-electron chi connectivity index (χ4n) is 2.94. The van der Waals surface area contributed by atoms with Crippen molar-refractivity contribution in [3.05, 3.63) is 48.3 Å². The monoisotopic (exact) mass is 363 g/mol. The second kappa shape index (κ2) is 7.01. The lowest BCUT2D eigenvalue weighted by atomic mass is 10.2. The number of hydrogen-bond acceptors (Lipinski definition) is 5. The third kappa shape index (κ3) is 3.62. The zero-order valence-electron chi connectivity index (χ0n) is 14.4. The molecule has 2 aromatic carbocycles. The van der Waals surface area contributed by atoms with Gasteiger partial charge in [0.15, 0.2) is 0 Å². The van der Waals surface area contributed by atoms with Gasteiger partial charge in [-0.05, 0) is 42.5 Å². The molecule has 7 heteroatoms. The van der Waals surface area contributed by atoms with Crippen molar-refractivity contribution < 1.29 is 12.8 Å². The lowest BCUT2D eigenvalue weighted by Crippen LogP contribution is -2.43. The van der Waals surface area contributed by atoms with Gasteiger partial charge in [0, 0.05) is 46.0 Å². The molecule has 25 heavy (non-hydrogen) atoms. The maximum Gasteiger partial charge on any atom is 0.208 e. The summed E-state index contributed by atoms with van der Waals surface area (Å²) < 4.78 is 39.1. The molecule has 3 rings (SSSR count). The summed E-state index contributed by atoms with van der Waals surface area (Å²) in [5, 5.41) is 3.30. The van der Waals surface area contributed by atoms with Crippen molar-refractivity contribution in [2.45, 2.75) is 9.79 Å². The minimum absolute atomic E-state index is 0.0897. The van der Waals surface area contributed by atoms with Crippen LogP contribution in [0.15, 0.2) is 52.3 Å². The van der Waals surface area contributed by atoms with Gasteiger partial charge < -0.3 is 15.1 Å². The summed E-state index contributed by atoms with van der Waals surface area (Å²) >= 11 is 0. The van der Waals surface area contributed by atoms with Crippen molar-refractivity contribution in [3.8, 4) is 0 Å². The highest BCUT2D eigenvalue weighted by atomic mass is 32.2. The molecule has 0 radical (unpaired) electrons. The third-order valence-corrected chi connectivity index (χ3v) is 6.14. The van der Waals surface area contributed by atoms with Crippen LogP contribution in [-0.4, -0.2) is 48.7 Å². The number of benzene rings is 2. The Balaban J connectivity index is 2.04. The first-order valence-corrected chi connectivity index (χ1v) is 9.65. The molecule has 0 saturated carbocycles. The number of sulfone groups is 1. The van der Waals surface area contributed by atoms with Crippen molar-refractivity contribution >= 4 is 21.2 Å². The van der Waals surface area contributed by atoms with Gasteiger partial charge in [0.1, 0.15) is 5.82 Å². The summed E-state index contributed by atoms with van der Waals surface area (Å²) in [6.07, 6.45) is 0. The van der Waals surface area contributed by atoms with E-state index in [0.717, 1.165) is 44.0 Å². The molecule has 2 aromatic rings. The molecular weight excluding hydrogens is 341 g/mol. The van der Waals surface area contributed by atoms with E-state index in [2.05, 4.69) is 10.2 Å². The van der Waals surface area contributed by atoms with E-state index in [1.54, 1.807) is 11.0 Å². The molecule has 0 bridgehead atoms. The molecule has 0 aliphatic carbocycles. The van der Waals surface area contributed by atoms with Crippen LogP contribution in [0.25, 0.3) is 0 Å². The van der Waals surface area contributed by atoms with Crippen molar-refractivity contribution in [2.75, 3.05) is 50.1 Å². The van der Waals surface area contributed by atoms with Gasteiger partial charge in [-0.2, -0.15) is 0 Å². The van der Waals surface area contributed by atoms with Crippen LogP contribution in [-0.2, 0) is 9.84 Å². The van der Waals surface area contributed by atoms with Crippen LogP contribution in [0.4, 0.5) is 15.8 Å². The Hall–Kier alpha value is -2.12. The van der Waals surface area contributed by atoms with Crippen LogP contribution in [0.3, 0.4) is 0 Å². The van der Waals surface area contributed by atoms with E-state index in [9.17, 15) is 12.8 Å². The minimum Gasteiger partial charge on any atom is -0.377 e. The smallest absolute Gasteiger partial charge is 0.208 e. The highest BCUT2D eigenvalue weighted by Gasteiger charge is 2.24. The Morgan fingerprint density at radius 3 is 2.28 bits per heavy atom. The Morgan fingerprint density at radius 2 is 1.68 bits per heavy atom. The second-order valence-electron chi connectivity index (χ2n) is 6.24. The molecule has 134 valence electrons. The fraction of sp³-hybridized carbons (Fsp3) is 0.333. The summed E-state index contributed by atoms with van der Waals surface area (Å²) in [5.74, 6) is -0.458. The average Bonchev–Trinajstić information content (AvgIpc) is 2.62. The Labute approximate surface area is 148 Å². The Bertz CT molecular complexity index is 845. The van der Waals surface area contributed by atoms with E-state index in [-0.39, 0.29) is 9.79 Å². The number of halogens is 1. The maximum absolute atomic E-state index is 13.1. The van der Waals surface area contributed by atoms with Gasteiger partial charge in [-0.25, -0.2) is 12.8 Å². The first-order chi connectivity index (χ1) is 11.9. The quantitative estimate of drug-likeness (QED) is 0.844. The lowest BCUT2D eigenvalue weighted by molar-refractivity contribution is 0.588. The normalized spacial score (nSPS) is 15.2. The van der Waals surface area contributed by atoms with Crippen LogP contribution in [0, 0.1) is 5.82 Å². The number of nitrogens with one attached hydrogen (secondary N) is 1. The molecule has 1 heterocycles. The number of rotatable bonds is 4. The highest BCUT2D eigenvalue weighted by Crippen LogP contribution is 2.33. The van der Waals surface area contributed by atoms with E-state index >= 15 is 0 Å². The molecule has 1 aliphatic rings. The highest BCUT2D eigenvalue weighted by molar-refractivity contribution is 7.91. The van der Waals surface area contributed by atoms with E-state index < -0.39 is 15.7 Å². The number of piperazine rings is 1. The third-order valence-electron chi connectivity index (χ3n) is 4.32. The van der Waals surface area contributed by atoms with E-state index in [4.69, 9.17) is 0 Å². The van der Waals surface area contributed by atoms with E-state index in [1.807, 2.05) is 26.2 Å². The fourth-order valence-corrected chi connectivity index (χ4v) is 4.46. The number of anilines is 2. The summed E-state index contributed by atoms with van der Waals surface area (Å²) in [7, 11) is -0.0781. The average molecular weight is 363 g/mol. The SMILES string of the molecule is CN(C)c1cc(N2CCNCC2)ccc1S(=O)(=O)c1ccc(F)cc1. The minimum atomic E-state index is -3.72. The molecule has 1 aliphatic heterocycles. The second-order valence-corrected chi connectivity index (χ2v) is 8.16. The van der Waals surface area contributed by atoms with Crippen LogP contribution >= 0.6 is 0 Å². The van der Waals surface area contributed by atoms with Gasteiger partial charge >= 0.3 is 0 Å². The topological polar surface area (TPSA) is 52.6 Å². The van der Waals surface area contributed by atoms with E-state index in [0.29, 0.717) is 5.69 Å². The van der Waals surface area contributed by atoms with Crippen LogP contribution in [0.1, 0.15) is 0 Å². The standard InChI is InChI=1S/C18H22FN3O2S/c1-21(2)17-13-15(22-11-9-20-10-12-22)5-8-18(17)25(23,24)16-6-3-14(19)4-7-16/h3-8,13,20H,9-12H2,1-2H3. The van der Waals surface area contributed by atoms with Gasteiger partial charge in [-0.15, -0.1) is 0 Å². The maximum atomic E-state index is 13.1. The molecule has 0 atom stereocenters. The lowest BCUT2D eigenvalue weighted by Gasteiger charge is -2.30. The molecule has 0 amide bonds. The summed E-state index contributed by atoms with van der Waals surface area (Å²) in [4.78, 5) is 4.34. The predicted octanol–water partition coefficient (Wildman–Crippen LogP) is 2.13. The predicted molar refractivity (Wildman–Crippen MR) is 97.7 cm³/mol. The van der Waals surface area contributed by atoms with Crippen LogP contribution in [0.2, 0.25) is 0 Å². The van der Waals surface area contributed by atoms with Crippen molar-refractivity contribution in [1.82, 2.24) is 5.32 Å². The van der Waals surface area contributed by atoms with Gasteiger partial charge in [-0.3, -0.25) is 0 Å². The molecule has 1 N–H and O–H groups in total. The Morgan fingerprint density at radius 1 is 1.04 bits per heavy atom. The first kappa shape index (κ1) is 17.7.